The maximum absolute atomic E-state index is 14.1. The summed E-state index contributed by atoms with van der Waals surface area (Å²) in [5, 5.41) is 0.172. The molecule has 112 valence electrons. The van der Waals surface area contributed by atoms with Gasteiger partial charge < -0.3 is 5.73 Å². The van der Waals surface area contributed by atoms with Crippen molar-refractivity contribution in [3.8, 4) is 0 Å². The van der Waals surface area contributed by atoms with Crippen LogP contribution in [-0.4, -0.2) is 36.3 Å². The summed E-state index contributed by atoms with van der Waals surface area (Å²) >= 11 is 4.72. The van der Waals surface area contributed by atoms with Crippen molar-refractivity contribution in [2.45, 2.75) is 30.0 Å². The second-order valence-corrected chi connectivity index (χ2v) is 8.95. The molecule has 1 heterocycles. The van der Waals surface area contributed by atoms with Gasteiger partial charge in [-0.3, -0.25) is 0 Å². The van der Waals surface area contributed by atoms with E-state index < -0.39 is 15.8 Å². The molecule has 1 saturated heterocycles. The van der Waals surface area contributed by atoms with E-state index in [0.717, 1.165) is 0 Å². The standard InChI is InChI=1S/C12H16BrFN2O2S2/c1-7-8(2)19-4-3-16(7)20(17,18)11-6-9(15)5-10(13)12(11)14/h5-8H,3-4,15H2,1-2H3. The van der Waals surface area contributed by atoms with Gasteiger partial charge in [-0.25, -0.2) is 12.8 Å². The minimum Gasteiger partial charge on any atom is -0.399 e. The van der Waals surface area contributed by atoms with Crippen LogP contribution >= 0.6 is 27.7 Å². The second-order valence-electron chi connectivity index (χ2n) is 4.75. The molecule has 1 aromatic carbocycles. The molecular formula is C12H16BrFN2O2S2. The Balaban J connectivity index is 2.50. The van der Waals surface area contributed by atoms with Crippen LogP contribution in [0.5, 0.6) is 0 Å². The maximum atomic E-state index is 14.1. The molecule has 0 aliphatic carbocycles. The van der Waals surface area contributed by atoms with E-state index in [9.17, 15) is 12.8 Å². The van der Waals surface area contributed by atoms with Gasteiger partial charge in [0, 0.05) is 29.3 Å². The number of hydrogen-bond donors (Lipinski definition) is 1. The third-order valence-electron chi connectivity index (χ3n) is 3.43. The van der Waals surface area contributed by atoms with Crippen molar-refractivity contribution >= 4 is 43.4 Å². The zero-order chi connectivity index (χ0) is 15.1. The van der Waals surface area contributed by atoms with Crippen molar-refractivity contribution in [3.63, 3.8) is 0 Å². The summed E-state index contributed by atoms with van der Waals surface area (Å²) in [6, 6.07) is 2.35. The van der Waals surface area contributed by atoms with Gasteiger partial charge in [0.25, 0.3) is 0 Å². The molecule has 1 aliphatic heterocycles. The van der Waals surface area contributed by atoms with Crippen LogP contribution in [0, 0.1) is 5.82 Å². The summed E-state index contributed by atoms with van der Waals surface area (Å²) in [7, 11) is -3.88. The van der Waals surface area contributed by atoms with Crippen molar-refractivity contribution in [1.82, 2.24) is 4.31 Å². The highest BCUT2D eigenvalue weighted by Gasteiger charge is 2.36. The normalized spacial score (nSPS) is 24.8. The largest absolute Gasteiger partial charge is 0.399 e. The first-order valence-corrected chi connectivity index (χ1v) is 9.41. The van der Waals surface area contributed by atoms with Crippen LogP contribution in [0.1, 0.15) is 13.8 Å². The SMILES string of the molecule is CC1SCCN(S(=O)(=O)c2cc(N)cc(Br)c2F)C1C. The van der Waals surface area contributed by atoms with Gasteiger partial charge >= 0.3 is 0 Å². The van der Waals surface area contributed by atoms with Crippen LogP contribution in [0.2, 0.25) is 0 Å². The van der Waals surface area contributed by atoms with Crippen LogP contribution in [0.4, 0.5) is 10.1 Å². The first-order valence-electron chi connectivity index (χ1n) is 6.13. The highest BCUT2D eigenvalue weighted by atomic mass is 79.9. The van der Waals surface area contributed by atoms with Gasteiger partial charge in [-0.2, -0.15) is 16.1 Å². The van der Waals surface area contributed by atoms with E-state index in [1.165, 1.54) is 16.4 Å². The Hall–Kier alpha value is -0.310. The van der Waals surface area contributed by atoms with Crippen molar-refractivity contribution in [2.75, 3.05) is 18.0 Å². The molecule has 0 bridgehead atoms. The molecule has 2 unspecified atom stereocenters. The van der Waals surface area contributed by atoms with Crippen molar-refractivity contribution in [3.05, 3.63) is 22.4 Å². The summed E-state index contributed by atoms with van der Waals surface area (Å²) in [6.45, 7) is 4.20. The molecule has 4 nitrogen and oxygen atoms in total. The lowest BCUT2D eigenvalue weighted by Crippen LogP contribution is -2.48. The molecule has 0 radical (unpaired) electrons. The van der Waals surface area contributed by atoms with Crippen LogP contribution in [0.25, 0.3) is 0 Å². The van der Waals surface area contributed by atoms with E-state index in [2.05, 4.69) is 15.9 Å². The minimum absolute atomic E-state index is 0.0585. The van der Waals surface area contributed by atoms with Crippen molar-refractivity contribution < 1.29 is 12.8 Å². The van der Waals surface area contributed by atoms with E-state index in [4.69, 9.17) is 5.73 Å². The summed E-state index contributed by atoms with van der Waals surface area (Å²) in [6.07, 6.45) is 0. The first kappa shape index (κ1) is 16.1. The lowest BCUT2D eigenvalue weighted by atomic mass is 10.2. The predicted octanol–water partition coefficient (Wildman–Crippen LogP) is 2.68. The molecule has 0 aromatic heterocycles. The fraction of sp³-hybridized carbons (Fsp3) is 0.500. The van der Waals surface area contributed by atoms with Gasteiger partial charge in [-0.1, -0.05) is 6.92 Å². The average Bonchev–Trinajstić information content (AvgIpc) is 2.36. The first-order chi connectivity index (χ1) is 9.25. The number of benzene rings is 1. The molecule has 1 aromatic rings. The van der Waals surface area contributed by atoms with E-state index in [-0.39, 0.29) is 26.3 Å². The summed E-state index contributed by atoms with van der Waals surface area (Å²) < 4.78 is 40.9. The number of rotatable bonds is 2. The van der Waals surface area contributed by atoms with Crippen molar-refractivity contribution in [2.24, 2.45) is 0 Å². The Morgan fingerprint density at radius 2 is 2.10 bits per heavy atom. The van der Waals surface area contributed by atoms with E-state index in [1.807, 2.05) is 13.8 Å². The molecule has 1 fully saturated rings. The lowest BCUT2D eigenvalue weighted by molar-refractivity contribution is 0.338. The number of nitrogens with zero attached hydrogens (tertiary/aromatic N) is 1. The molecule has 20 heavy (non-hydrogen) atoms. The fourth-order valence-electron chi connectivity index (χ4n) is 2.14. The van der Waals surface area contributed by atoms with Gasteiger partial charge in [0.15, 0.2) is 5.82 Å². The second kappa shape index (κ2) is 5.82. The number of thioether (sulfide) groups is 1. The van der Waals surface area contributed by atoms with Gasteiger partial charge in [0.05, 0.1) is 4.47 Å². The molecule has 2 rings (SSSR count). The predicted molar refractivity (Wildman–Crippen MR) is 83.8 cm³/mol. The Bertz CT molecular complexity index is 624. The van der Waals surface area contributed by atoms with Crippen LogP contribution in [0.15, 0.2) is 21.5 Å². The zero-order valence-corrected chi connectivity index (χ0v) is 14.4. The molecule has 8 heteroatoms. The molecule has 2 N–H and O–H groups in total. The smallest absolute Gasteiger partial charge is 0.246 e. The zero-order valence-electron chi connectivity index (χ0n) is 11.1. The monoisotopic (exact) mass is 382 g/mol. The third kappa shape index (κ3) is 2.84. The summed E-state index contributed by atoms with van der Waals surface area (Å²) in [5.74, 6) is -0.0900. The third-order valence-corrected chi connectivity index (χ3v) is 7.33. The topological polar surface area (TPSA) is 63.4 Å². The number of halogens is 2. The van der Waals surface area contributed by atoms with Crippen LogP contribution in [0.3, 0.4) is 0 Å². The maximum Gasteiger partial charge on any atom is 0.246 e. The molecule has 0 saturated carbocycles. The Morgan fingerprint density at radius 1 is 1.45 bits per heavy atom. The van der Waals surface area contributed by atoms with E-state index >= 15 is 0 Å². The minimum atomic E-state index is -3.88. The molecular weight excluding hydrogens is 367 g/mol. The highest BCUT2D eigenvalue weighted by Crippen LogP contribution is 2.33. The van der Waals surface area contributed by atoms with Gasteiger partial charge in [-0.05, 0) is 35.0 Å². The quantitative estimate of drug-likeness (QED) is 0.798. The molecule has 2 atom stereocenters. The van der Waals surface area contributed by atoms with Gasteiger partial charge in [-0.15, -0.1) is 0 Å². The van der Waals surface area contributed by atoms with Crippen LogP contribution in [-0.2, 0) is 10.0 Å². The molecule has 1 aliphatic rings. The van der Waals surface area contributed by atoms with Crippen LogP contribution < -0.4 is 5.73 Å². The number of anilines is 1. The lowest BCUT2D eigenvalue weighted by Gasteiger charge is -2.36. The molecule has 0 amide bonds. The van der Waals surface area contributed by atoms with Gasteiger partial charge in [0.1, 0.15) is 4.90 Å². The Morgan fingerprint density at radius 3 is 2.75 bits per heavy atom. The van der Waals surface area contributed by atoms with E-state index in [0.29, 0.717) is 12.3 Å². The summed E-state index contributed by atoms with van der Waals surface area (Å²) in [5.41, 5.74) is 5.84. The number of nitrogens with two attached hydrogens (primary N) is 1. The van der Waals surface area contributed by atoms with Crippen molar-refractivity contribution in [1.29, 1.82) is 0 Å². The summed E-state index contributed by atoms with van der Waals surface area (Å²) in [4.78, 5) is -0.365. The highest BCUT2D eigenvalue weighted by molar-refractivity contribution is 9.10. The number of nitrogen functional groups attached to an aromatic ring is 1. The molecule has 0 spiro atoms. The number of hydrogen-bond acceptors (Lipinski definition) is 4. The fourth-order valence-corrected chi connectivity index (χ4v) is 5.87. The van der Waals surface area contributed by atoms with Gasteiger partial charge in [0.2, 0.25) is 10.0 Å². The Kier molecular flexibility index (Phi) is 4.68. The average molecular weight is 383 g/mol. The van der Waals surface area contributed by atoms with E-state index in [1.54, 1.807) is 11.8 Å². The number of sulfonamides is 1. The Labute approximate surface area is 131 Å².